The lowest BCUT2D eigenvalue weighted by Crippen LogP contribution is -2.41. The van der Waals surface area contributed by atoms with Gasteiger partial charge < -0.3 is 19.3 Å². The van der Waals surface area contributed by atoms with Crippen LogP contribution >= 0.6 is 11.6 Å². The second-order valence-corrected chi connectivity index (χ2v) is 11.2. The van der Waals surface area contributed by atoms with Gasteiger partial charge in [-0.2, -0.15) is 0 Å². The number of benzene rings is 1. The summed E-state index contributed by atoms with van der Waals surface area (Å²) in [5.74, 6) is 0.966. The van der Waals surface area contributed by atoms with Crippen molar-refractivity contribution in [2.24, 2.45) is 11.8 Å². The van der Waals surface area contributed by atoms with Crippen LogP contribution in [0.2, 0.25) is 5.02 Å². The minimum Gasteiger partial charge on any atom is -0.477 e. The van der Waals surface area contributed by atoms with Crippen molar-refractivity contribution >= 4 is 34.6 Å². The molecule has 1 atom stereocenters. The number of nitrogens with zero attached hydrogens (tertiary/aromatic N) is 5. The summed E-state index contributed by atoms with van der Waals surface area (Å²) in [6, 6.07) is 13.7. The smallest absolute Gasteiger partial charge is 0.354 e. The van der Waals surface area contributed by atoms with E-state index in [2.05, 4.69) is 38.5 Å². The lowest BCUT2D eigenvalue weighted by molar-refractivity contribution is 0.0691. The molecule has 4 heterocycles. The SMILES string of the molecule is CC1CCC(Cn2c(N3CCOC[C@H]3c3ccccc3)nc3cc(C(=O)O)nc(-c4cncc(Cl)c4)c32)CC1. The van der Waals surface area contributed by atoms with E-state index in [-0.39, 0.29) is 11.7 Å². The first-order chi connectivity index (χ1) is 19.0. The van der Waals surface area contributed by atoms with Crippen molar-refractivity contribution in [1.29, 1.82) is 0 Å². The average Bonchev–Trinajstić information content (AvgIpc) is 3.32. The van der Waals surface area contributed by atoms with Gasteiger partial charge in [-0.15, -0.1) is 0 Å². The Kier molecular flexibility index (Phi) is 7.23. The zero-order valence-corrected chi connectivity index (χ0v) is 22.7. The van der Waals surface area contributed by atoms with Gasteiger partial charge in [0.25, 0.3) is 0 Å². The average molecular weight is 546 g/mol. The second kappa shape index (κ2) is 10.9. The monoisotopic (exact) mass is 545 g/mol. The molecule has 1 saturated carbocycles. The third-order valence-corrected chi connectivity index (χ3v) is 8.25. The van der Waals surface area contributed by atoms with Gasteiger partial charge >= 0.3 is 5.97 Å². The van der Waals surface area contributed by atoms with Crippen molar-refractivity contribution in [3.8, 4) is 11.3 Å². The zero-order chi connectivity index (χ0) is 26.9. The van der Waals surface area contributed by atoms with E-state index in [1.54, 1.807) is 24.5 Å². The van der Waals surface area contributed by atoms with Crippen LogP contribution in [-0.2, 0) is 11.3 Å². The van der Waals surface area contributed by atoms with E-state index in [0.717, 1.165) is 42.3 Å². The van der Waals surface area contributed by atoms with Crippen LogP contribution < -0.4 is 4.90 Å². The Morgan fingerprint density at radius 2 is 1.90 bits per heavy atom. The molecule has 0 spiro atoms. The molecular weight excluding hydrogens is 514 g/mol. The van der Waals surface area contributed by atoms with Crippen molar-refractivity contribution in [3.05, 3.63) is 71.1 Å². The van der Waals surface area contributed by atoms with E-state index >= 15 is 0 Å². The van der Waals surface area contributed by atoms with Crippen LogP contribution in [0.1, 0.15) is 54.7 Å². The first kappa shape index (κ1) is 25.8. The number of hydrogen-bond donors (Lipinski definition) is 1. The summed E-state index contributed by atoms with van der Waals surface area (Å²) in [6.07, 6.45) is 7.97. The highest BCUT2D eigenvalue weighted by molar-refractivity contribution is 6.30. The first-order valence-electron chi connectivity index (χ1n) is 13.6. The molecule has 3 aromatic heterocycles. The Morgan fingerprint density at radius 3 is 2.64 bits per heavy atom. The molecule has 202 valence electrons. The molecule has 9 heteroatoms. The standard InChI is InChI=1S/C30H32ClN5O3/c1-19-7-9-20(10-8-19)17-36-28-24(14-25(29(37)38)33-27(28)22-13-23(31)16-32-15-22)34-30(36)35-11-12-39-18-26(35)21-5-3-2-4-6-21/h2-6,13-16,19-20,26H,7-12,17-18H2,1H3,(H,37,38)/t19?,20?,26-/m0/s1. The quantitative estimate of drug-likeness (QED) is 0.306. The fourth-order valence-electron chi connectivity index (χ4n) is 5.95. The minimum absolute atomic E-state index is 0.00919. The van der Waals surface area contributed by atoms with Gasteiger partial charge in [0.05, 0.1) is 41.0 Å². The van der Waals surface area contributed by atoms with Crippen LogP contribution in [0.3, 0.4) is 0 Å². The number of imidazole rings is 1. The Morgan fingerprint density at radius 1 is 1.10 bits per heavy atom. The fourth-order valence-corrected chi connectivity index (χ4v) is 6.13. The molecule has 1 N–H and O–H groups in total. The molecule has 1 saturated heterocycles. The second-order valence-electron chi connectivity index (χ2n) is 10.8. The first-order valence-corrected chi connectivity index (χ1v) is 14.0. The Balaban J connectivity index is 1.56. The van der Waals surface area contributed by atoms with E-state index in [9.17, 15) is 9.90 Å². The van der Waals surface area contributed by atoms with Crippen molar-refractivity contribution in [1.82, 2.24) is 19.5 Å². The van der Waals surface area contributed by atoms with E-state index in [1.165, 1.54) is 12.8 Å². The van der Waals surface area contributed by atoms with Gasteiger partial charge in [-0.1, -0.05) is 61.7 Å². The van der Waals surface area contributed by atoms with Gasteiger partial charge in [0, 0.05) is 31.0 Å². The van der Waals surface area contributed by atoms with Crippen LogP contribution in [0.25, 0.3) is 22.3 Å². The molecule has 0 radical (unpaired) electrons. The number of aromatic carboxylic acids is 1. The number of carbonyl (C=O) groups is 1. The highest BCUT2D eigenvalue weighted by Crippen LogP contribution is 2.38. The topological polar surface area (TPSA) is 93.4 Å². The number of fused-ring (bicyclic) bond motifs is 1. The number of ether oxygens (including phenoxy) is 1. The largest absolute Gasteiger partial charge is 0.477 e. The maximum atomic E-state index is 12.1. The van der Waals surface area contributed by atoms with E-state index in [1.807, 2.05) is 18.2 Å². The zero-order valence-electron chi connectivity index (χ0n) is 22.0. The highest BCUT2D eigenvalue weighted by Gasteiger charge is 2.32. The van der Waals surface area contributed by atoms with Crippen LogP contribution in [-0.4, -0.2) is 50.4 Å². The number of rotatable bonds is 6. The van der Waals surface area contributed by atoms with Gasteiger partial charge in [-0.25, -0.2) is 14.8 Å². The molecule has 0 unspecified atom stereocenters. The number of pyridine rings is 2. The molecule has 1 aliphatic heterocycles. The minimum atomic E-state index is -1.10. The summed E-state index contributed by atoms with van der Waals surface area (Å²) in [5.41, 5.74) is 3.73. The number of morpholine rings is 1. The molecule has 8 nitrogen and oxygen atoms in total. The Hall–Kier alpha value is -3.49. The number of anilines is 1. The van der Waals surface area contributed by atoms with Crippen LogP contribution in [0, 0.1) is 11.8 Å². The highest BCUT2D eigenvalue weighted by atomic mass is 35.5. The molecule has 1 aromatic carbocycles. The maximum absolute atomic E-state index is 12.1. The Labute approximate surface area is 232 Å². The van der Waals surface area contributed by atoms with Gasteiger partial charge in [0.2, 0.25) is 5.95 Å². The number of halogens is 1. The van der Waals surface area contributed by atoms with Gasteiger partial charge in [-0.3, -0.25) is 4.98 Å². The van der Waals surface area contributed by atoms with E-state index < -0.39 is 5.97 Å². The third-order valence-electron chi connectivity index (χ3n) is 8.05. The summed E-state index contributed by atoms with van der Waals surface area (Å²) >= 11 is 6.32. The molecule has 4 aromatic rings. The summed E-state index contributed by atoms with van der Waals surface area (Å²) in [4.78, 5) is 28.4. The van der Waals surface area contributed by atoms with Crippen molar-refractivity contribution in [2.45, 2.75) is 45.2 Å². The molecule has 2 fully saturated rings. The molecular formula is C30H32ClN5O3. The number of hydrogen-bond acceptors (Lipinski definition) is 6. The lowest BCUT2D eigenvalue weighted by Gasteiger charge is -2.37. The molecule has 0 amide bonds. The molecule has 1 aliphatic carbocycles. The Bertz CT molecular complexity index is 1480. The van der Waals surface area contributed by atoms with E-state index in [0.29, 0.717) is 47.5 Å². The summed E-state index contributed by atoms with van der Waals surface area (Å²) in [7, 11) is 0. The van der Waals surface area contributed by atoms with Crippen molar-refractivity contribution < 1.29 is 14.6 Å². The van der Waals surface area contributed by atoms with Gasteiger partial charge in [0.15, 0.2) is 5.69 Å². The van der Waals surface area contributed by atoms with Crippen LogP contribution in [0.15, 0.2) is 54.9 Å². The fraction of sp³-hybridized carbons (Fsp3) is 0.400. The molecule has 6 rings (SSSR count). The van der Waals surface area contributed by atoms with Crippen molar-refractivity contribution in [2.75, 3.05) is 24.7 Å². The maximum Gasteiger partial charge on any atom is 0.354 e. The summed E-state index contributed by atoms with van der Waals surface area (Å²) in [5, 5.41) is 10.4. The number of carboxylic acid groups (broad SMARTS) is 1. The normalized spacial score (nSPS) is 21.8. The molecule has 2 aliphatic rings. The lowest BCUT2D eigenvalue weighted by atomic mass is 9.83. The van der Waals surface area contributed by atoms with Gasteiger partial charge in [0.1, 0.15) is 0 Å². The van der Waals surface area contributed by atoms with Crippen molar-refractivity contribution in [3.63, 3.8) is 0 Å². The predicted octanol–water partition coefficient (Wildman–Crippen LogP) is 6.25. The predicted molar refractivity (Wildman–Crippen MR) is 151 cm³/mol. The summed E-state index contributed by atoms with van der Waals surface area (Å²) in [6.45, 7) is 4.94. The van der Waals surface area contributed by atoms with Crippen LogP contribution in [0.4, 0.5) is 5.95 Å². The van der Waals surface area contributed by atoms with Gasteiger partial charge in [-0.05, 0) is 42.4 Å². The number of aromatic nitrogens is 4. The molecule has 39 heavy (non-hydrogen) atoms. The number of carboxylic acids is 1. The van der Waals surface area contributed by atoms with E-state index in [4.69, 9.17) is 21.3 Å². The third kappa shape index (κ3) is 5.23. The summed E-state index contributed by atoms with van der Waals surface area (Å²) < 4.78 is 8.20. The molecule has 0 bridgehead atoms. The van der Waals surface area contributed by atoms with Crippen LogP contribution in [0.5, 0.6) is 0 Å².